The zero-order chi connectivity index (χ0) is 14.5. The lowest BCUT2D eigenvalue weighted by atomic mass is 10.5. The highest BCUT2D eigenvalue weighted by Crippen LogP contribution is 2.19. The SMILES string of the molecule is COc1ncnc2c1[nH]c(=S)n2CCOCCN(C)C. The van der Waals surface area contributed by atoms with Crippen molar-refractivity contribution in [1.29, 1.82) is 0 Å². The van der Waals surface area contributed by atoms with Gasteiger partial charge in [0.1, 0.15) is 11.8 Å². The molecule has 0 bridgehead atoms. The molecule has 0 unspecified atom stereocenters. The predicted octanol–water partition coefficient (Wildman–Crippen LogP) is 1.08. The zero-order valence-corrected chi connectivity index (χ0v) is 12.7. The van der Waals surface area contributed by atoms with E-state index in [4.69, 9.17) is 21.7 Å². The molecule has 0 fully saturated rings. The van der Waals surface area contributed by atoms with Crippen LogP contribution in [0.15, 0.2) is 6.33 Å². The Labute approximate surface area is 122 Å². The molecular formula is C12H19N5O2S. The third-order valence-electron chi connectivity index (χ3n) is 2.86. The molecular weight excluding hydrogens is 278 g/mol. The van der Waals surface area contributed by atoms with Crippen molar-refractivity contribution in [2.45, 2.75) is 6.54 Å². The maximum atomic E-state index is 5.58. The Kier molecular flexibility index (Phi) is 5.05. The van der Waals surface area contributed by atoms with Gasteiger partial charge in [0.05, 0.1) is 26.9 Å². The third kappa shape index (κ3) is 3.33. The number of fused-ring (bicyclic) bond motifs is 1. The topological polar surface area (TPSA) is 68.2 Å². The molecule has 110 valence electrons. The Morgan fingerprint density at radius 3 is 2.85 bits per heavy atom. The fourth-order valence-corrected chi connectivity index (χ4v) is 2.09. The molecule has 0 amide bonds. The van der Waals surface area contributed by atoms with Crippen LogP contribution in [0.25, 0.3) is 11.2 Å². The Morgan fingerprint density at radius 2 is 2.15 bits per heavy atom. The van der Waals surface area contributed by atoms with E-state index in [9.17, 15) is 0 Å². The standard InChI is InChI=1S/C12H19N5O2S/c1-16(2)4-6-19-7-5-17-10-9(15-12(17)20)11(18-3)14-8-13-10/h8H,4-7H2,1-3H3,(H,15,20). The van der Waals surface area contributed by atoms with Crippen molar-refractivity contribution in [3.05, 3.63) is 11.1 Å². The summed E-state index contributed by atoms with van der Waals surface area (Å²) in [6.45, 7) is 2.82. The maximum absolute atomic E-state index is 5.58. The van der Waals surface area contributed by atoms with E-state index in [1.54, 1.807) is 7.11 Å². The van der Waals surface area contributed by atoms with Gasteiger partial charge in [-0.15, -0.1) is 0 Å². The van der Waals surface area contributed by atoms with Crippen LogP contribution >= 0.6 is 12.2 Å². The van der Waals surface area contributed by atoms with E-state index >= 15 is 0 Å². The van der Waals surface area contributed by atoms with Gasteiger partial charge in [0, 0.05) is 6.54 Å². The molecule has 0 aliphatic heterocycles. The lowest BCUT2D eigenvalue weighted by molar-refractivity contribution is 0.111. The highest BCUT2D eigenvalue weighted by molar-refractivity contribution is 7.71. The van der Waals surface area contributed by atoms with Crippen molar-refractivity contribution < 1.29 is 9.47 Å². The van der Waals surface area contributed by atoms with Gasteiger partial charge in [-0.25, -0.2) is 4.98 Å². The average Bonchev–Trinajstić information content (AvgIpc) is 2.74. The summed E-state index contributed by atoms with van der Waals surface area (Å²) in [6.07, 6.45) is 1.47. The molecule has 8 heteroatoms. The van der Waals surface area contributed by atoms with Gasteiger partial charge in [-0.1, -0.05) is 0 Å². The maximum Gasteiger partial charge on any atom is 0.242 e. The third-order valence-corrected chi connectivity index (χ3v) is 3.18. The molecule has 0 aliphatic rings. The second-order valence-electron chi connectivity index (χ2n) is 4.58. The minimum atomic E-state index is 0.494. The van der Waals surface area contributed by atoms with Gasteiger partial charge in [-0.3, -0.25) is 4.57 Å². The van der Waals surface area contributed by atoms with E-state index in [0.717, 1.165) is 12.2 Å². The number of ether oxygens (including phenoxy) is 2. The van der Waals surface area contributed by atoms with Gasteiger partial charge < -0.3 is 19.4 Å². The van der Waals surface area contributed by atoms with E-state index in [1.165, 1.54) is 6.33 Å². The number of hydrogen-bond donors (Lipinski definition) is 1. The molecule has 0 spiro atoms. The smallest absolute Gasteiger partial charge is 0.242 e. The van der Waals surface area contributed by atoms with E-state index in [-0.39, 0.29) is 0 Å². The van der Waals surface area contributed by atoms with E-state index in [1.807, 2.05) is 18.7 Å². The average molecular weight is 297 g/mol. The number of imidazole rings is 1. The molecule has 0 radical (unpaired) electrons. The lowest BCUT2D eigenvalue weighted by Gasteiger charge is -2.10. The first kappa shape index (κ1) is 14.9. The summed E-state index contributed by atoms with van der Waals surface area (Å²) in [6, 6.07) is 0. The number of aromatic nitrogens is 4. The Balaban J connectivity index is 2.07. The molecule has 0 aliphatic carbocycles. The van der Waals surface area contributed by atoms with Crippen molar-refractivity contribution in [3.63, 3.8) is 0 Å². The van der Waals surface area contributed by atoms with E-state index < -0.39 is 0 Å². The van der Waals surface area contributed by atoms with Crippen molar-refractivity contribution in [3.8, 4) is 5.88 Å². The van der Waals surface area contributed by atoms with Crippen LogP contribution in [-0.4, -0.2) is 65.4 Å². The van der Waals surface area contributed by atoms with E-state index in [0.29, 0.717) is 35.9 Å². The highest BCUT2D eigenvalue weighted by Gasteiger charge is 2.10. The zero-order valence-electron chi connectivity index (χ0n) is 11.9. The van der Waals surface area contributed by atoms with Gasteiger partial charge in [0.25, 0.3) is 0 Å². The number of nitrogens with zero attached hydrogens (tertiary/aromatic N) is 4. The quantitative estimate of drug-likeness (QED) is 0.609. The van der Waals surface area contributed by atoms with Gasteiger partial charge in [0.2, 0.25) is 5.88 Å². The summed E-state index contributed by atoms with van der Waals surface area (Å²) in [4.78, 5) is 13.4. The van der Waals surface area contributed by atoms with Crippen LogP contribution in [0.3, 0.4) is 0 Å². The number of likely N-dealkylation sites (N-methyl/N-ethyl adjacent to an activating group) is 1. The normalized spacial score (nSPS) is 11.4. The Hall–Kier alpha value is -1.51. The molecule has 7 nitrogen and oxygen atoms in total. The first-order valence-corrected chi connectivity index (χ1v) is 6.74. The molecule has 2 aromatic rings. The fraction of sp³-hybridized carbons (Fsp3) is 0.583. The van der Waals surface area contributed by atoms with Crippen molar-refractivity contribution in [2.24, 2.45) is 0 Å². The van der Waals surface area contributed by atoms with Crippen LogP contribution in [0.2, 0.25) is 0 Å². The summed E-state index contributed by atoms with van der Waals surface area (Å²) in [5.41, 5.74) is 1.45. The minimum absolute atomic E-state index is 0.494. The molecule has 0 saturated carbocycles. The number of nitrogens with one attached hydrogen (secondary N) is 1. The number of H-pyrrole nitrogens is 1. The molecule has 20 heavy (non-hydrogen) atoms. The first-order valence-electron chi connectivity index (χ1n) is 6.33. The van der Waals surface area contributed by atoms with Crippen molar-refractivity contribution in [1.82, 2.24) is 24.4 Å². The second-order valence-corrected chi connectivity index (χ2v) is 4.97. The monoisotopic (exact) mass is 297 g/mol. The Bertz CT molecular complexity index is 622. The number of methoxy groups -OCH3 is 1. The summed E-state index contributed by atoms with van der Waals surface area (Å²) in [5.74, 6) is 0.494. The van der Waals surface area contributed by atoms with Crippen LogP contribution in [0.4, 0.5) is 0 Å². The number of aromatic amines is 1. The summed E-state index contributed by atoms with van der Waals surface area (Å²) < 4.78 is 13.3. The van der Waals surface area contributed by atoms with Crippen molar-refractivity contribution >= 4 is 23.4 Å². The van der Waals surface area contributed by atoms with Crippen LogP contribution < -0.4 is 4.74 Å². The molecule has 1 N–H and O–H groups in total. The van der Waals surface area contributed by atoms with Gasteiger partial charge in [-0.2, -0.15) is 4.98 Å². The lowest BCUT2D eigenvalue weighted by Crippen LogP contribution is -2.19. The van der Waals surface area contributed by atoms with Crippen LogP contribution in [-0.2, 0) is 11.3 Å². The molecule has 2 heterocycles. The molecule has 0 atom stereocenters. The van der Waals surface area contributed by atoms with Crippen LogP contribution in [0.1, 0.15) is 0 Å². The fourth-order valence-electron chi connectivity index (χ4n) is 1.81. The molecule has 2 rings (SSSR count). The van der Waals surface area contributed by atoms with Gasteiger partial charge in [-0.05, 0) is 26.3 Å². The molecule has 0 aromatic carbocycles. The molecule has 0 saturated heterocycles. The number of rotatable bonds is 7. The largest absolute Gasteiger partial charge is 0.479 e. The highest BCUT2D eigenvalue weighted by atomic mass is 32.1. The van der Waals surface area contributed by atoms with Gasteiger partial charge >= 0.3 is 0 Å². The second kappa shape index (κ2) is 6.78. The van der Waals surface area contributed by atoms with E-state index in [2.05, 4.69) is 19.9 Å². The molecule has 2 aromatic heterocycles. The number of hydrogen-bond acceptors (Lipinski definition) is 6. The Morgan fingerprint density at radius 1 is 1.35 bits per heavy atom. The van der Waals surface area contributed by atoms with Crippen LogP contribution in [0, 0.1) is 4.77 Å². The summed E-state index contributed by atoms with van der Waals surface area (Å²) in [7, 11) is 5.60. The van der Waals surface area contributed by atoms with Crippen LogP contribution in [0.5, 0.6) is 5.88 Å². The first-order chi connectivity index (χ1) is 9.63. The minimum Gasteiger partial charge on any atom is -0.479 e. The summed E-state index contributed by atoms with van der Waals surface area (Å²) in [5, 5.41) is 0. The van der Waals surface area contributed by atoms with Gasteiger partial charge in [0.15, 0.2) is 10.4 Å². The summed E-state index contributed by atoms with van der Waals surface area (Å²) >= 11 is 5.30. The predicted molar refractivity (Wildman–Crippen MR) is 78.6 cm³/mol. The van der Waals surface area contributed by atoms with Crippen molar-refractivity contribution in [2.75, 3.05) is 41.0 Å².